The summed E-state index contributed by atoms with van der Waals surface area (Å²) in [6, 6.07) is 17.2. The van der Waals surface area contributed by atoms with Gasteiger partial charge in [0.05, 0.1) is 24.2 Å². The molecule has 0 spiro atoms. The fraction of sp³-hybridized carbons (Fsp3) is 0.320. The van der Waals surface area contributed by atoms with E-state index in [1.807, 2.05) is 36.4 Å². The van der Waals surface area contributed by atoms with Crippen molar-refractivity contribution in [2.24, 2.45) is 0 Å². The van der Waals surface area contributed by atoms with Crippen molar-refractivity contribution in [3.8, 4) is 6.07 Å². The first kappa shape index (κ1) is 23.1. The van der Waals surface area contributed by atoms with Crippen LogP contribution in [0.25, 0.3) is 0 Å². The Balaban J connectivity index is 1.37. The van der Waals surface area contributed by atoms with Gasteiger partial charge in [0.25, 0.3) is 0 Å². The van der Waals surface area contributed by atoms with Crippen LogP contribution in [0.5, 0.6) is 0 Å². The molecule has 34 heavy (non-hydrogen) atoms. The molecular formula is C25H27N7O2. The maximum Gasteiger partial charge on any atom is 0.231 e. The molecule has 0 aliphatic carbocycles. The third kappa shape index (κ3) is 6.05. The number of benzene rings is 2. The fourth-order valence-corrected chi connectivity index (χ4v) is 4.03. The van der Waals surface area contributed by atoms with E-state index in [9.17, 15) is 9.90 Å². The highest BCUT2D eigenvalue weighted by Crippen LogP contribution is 2.30. The number of piperidine rings is 1. The SMILES string of the molecule is C[C@H](O)CC(=O)Nc1cccc(Nc2ncnc(N3CCC(c4ccc(C#N)cc4)CC3)n2)c1. The number of amides is 1. The van der Waals surface area contributed by atoms with Crippen LogP contribution in [0.3, 0.4) is 0 Å². The fourth-order valence-electron chi connectivity index (χ4n) is 4.03. The van der Waals surface area contributed by atoms with Crippen molar-refractivity contribution >= 4 is 29.2 Å². The lowest BCUT2D eigenvalue weighted by Gasteiger charge is -2.32. The van der Waals surface area contributed by atoms with Gasteiger partial charge in [0.2, 0.25) is 17.8 Å². The summed E-state index contributed by atoms with van der Waals surface area (Å²) in [5.74, 6) is 1.25. The number of aliphatic hydroxyl groups excluding tert-OH is 1. The zero-order chi connectivity index (χ0) is 23.9. The van der Waals surface area contributed by atoms with Crippen molar-refractivity contribution in [1.29, 1.82) is 5.26 Å². The molecule has 0 radical (unpaired) electrons. The van der Waals surface area contributed by atoms with Crippen molar-refractivity contribution < 1.29 is 9.90 Å². The lowest BCUT2D eigenvalue weighted by Crippen LogP contribution is -2.34. The highest BCUT2D eigenvalue weighted by atomic mass is 16.3. The van der Waals surface area contributed by atoms with Crippen LogP contribution in [-0.2, 0) is 4.79 Å². The molecule has 3 N–H and O–H groups in total. The summed E-state index contributed by atoms with van der Waals surface area (Å²) in [4.78, 5) is 27.2. The first-order chi connectivity index (χ1) is 16.5. The Kier molecular flexibility index (Phi) is 7.30. The largest absolute Gasteiger partial charge is 0.393 e. The van der Waals surface area contributed by atoms with E-state index < -0.39 is 6.10 Å². The number of aliphatic hydroxyl groups is 1. The average Bonchev–Trinajstić information content (AvgIpc) is 2.84. The first-order valence-corrected chi connectivity index (χ1v) is 11.3. The number of anilines is 4. The Labute approximate surface area is 198 Å². The zero-order valence-electron chi connectivity index (χ0n) is 19.0. The van der Waals surface area contributed by atoms with Gasteiger partial charge < -0.3 is 20.6 Å². The van der Waals surface area contributed by atoms with Crippen molar-refractivity contribution in [1.82, 2.24) is 15.0 Å². The summed E-state index contributed by atoms with van der Waals surface area (Å²) in [6.45, 7) is 3.24. The molecule has 0 saturated carbocycles. The molecule has 1 atom stereocenters. The van der Waals surface area contributed by atoms with Gasteiger partial charge in [0, 0.05) is 24.5 Å². The summed E-state index contributed by atoms with van der Waals surface area (Å²) in [7, 11) is 0. The molecule has 1 fully saturated rings. The van der Waals surface area contributed by atoms with Crippen LogP contribution in [0.1, 0.15) is 43.2 Å². The molecule has 1 saturated heterocycles. The number of hydrogen-bond donors (Lipinski definition) is 3. The molecule has 174 valence electrons. The summed E-state index contributed by atoms with van der Waals surface area (Å²) in [5, 5.41) is 24.3. The number of rotatable bonds is 7. The smallest absolute Gasteiger partial charge is 0.231 e. The summed E-state index contributed by atoms with van der Waals surface area (Å²) >= 11 is 0. The second kappa shape index (κ2) is 10.7. The summed E-state index contributed by atoms with van der Waals surface area (Å²) < 4.78 is 0. The maximum atomic E-state index is 11.9. The predicted octanol–water partition coefficient (Wildman–Crippen LogP) is 3.58. The standard InChI is InChI=1S/C25H27N7O2/c1-17(33)13-23(34)29-21-3-2-4-22(14-21)30-24-27-16-28-25(31-24)32-11-9-20(10-12-32)19-7-5-18(15-26)6-8-19/h2-8,14,16-17,20,33H,9-13H2,1H3,(H,29,34)(H,27,28,30,31)/t17-/m0/s1. The lowest BCUT2D eigenvalue weighted by atomic mass is 9.89. The lowest BCUT2D eigenvalue weighted by molar-refractivity contribution is -0.117. The number of nitrogens with one attached hydrogen (secondary N) is 2. The molecular weight excluding hydrogens is 430 g/mol. The van der Waals surface area contributed by atoms with E-state index in [0.29, 0.717) is 29.1 Å². The van der Waals surface area contributed by atoms with Crippen LogP contribution < -0.4 is 15.5 Å². The molecule has 1 amide bonds. The van der Waals surface area contributed by atoms with Gasteiger partial charge in [-0.3, -0.25) is 4.79 Å². The van der Waals surface area contributed by atoms with Crippen LogP contribution in [0, 0.1) is 11.3 Å². The minimum atomic E-state index is -0.695. The quantitative estimate of drug-likeness (QED) is 0.491. The van der Waals surface area contributed by atoms with Crippen molar-refractivity contribution in [2.75, 3.05) is 28.6 Å². The topological polar surface area (TPSA) is 127 Å². The van der Waals surface area contributed by atoms with Gasteiger partial charge >= 0.3 is 0 Å². The number of carbonyl (C=O) groups is 1. The average molecular weight is 458 g/mol. The second-order valence-corrected chi connectivity index (χ2v) is 8.41. The van der Waals surface area contributed by atoms with Crippen molar-refractivity contribution in [2.45, 2.75) is 38.2 Å². The van der Waals surface area contributed by atoms with E-state index >= 15 is 0 Å². The Morgan fingerprint density at radius 3 is 2.62 bits per heavy atom. The summed E-state index contributed by atoms with van der Waals surface area (Å²) in [5.41, 5.74) is 3.29. The zero-order valence-corrected chi connectivity index (χ0v) is 19.0. The van der Waals surface area contributed by atoms with Gasteiger partial charge in [0.1, 0.15) is 6.33 Å². The monoisotopic (exact) mass is 457 g/mol. The number of nitrogens with zero attached hydrogens (tertiary/aromatic N) is 5. The minimum Gasteiger partial charge on any atom is -0.393 e. The highest BCUT2D eigenvalue weighted by molar-refractivity contribution is 5.91. The summed E-state index contributed by atoms with van der Waals surface area (Å²) in [6.07, 6.45) is 2.80. The number of aromatic nitrogens is 3. The predicted molar refractivity (Wildman–Crippen MR) is 130 cm³/mol. The molecule has 3 aromatic rings. The number of carbonyl (C=O) groups excluding carboxylic acids is 1. The molecule has 2 aromatic carbocycles. The van der Waals surface area contributed by atoms with Gasteiger partial charge in [-0.2, -0.15) is 10.2 Å². The van der Waals surface area contributed by atoms with E-state index in [4.69, 9.17) is 5.26 Å². The molecule has 1 aliphatic rings. The third-order valence-corrected chi connectivity index (χ3v) is 5.73. The second-order valence-electron chi connectivity index (χ2n) is 8.41. The van der Waals surface area contributed by atoms with Crippen LogP contribution in [0.15, 0.2) is 54.9 Å². The van der Waals surface area contributed by atoms with E-state index in [0.717, 1.165) is 31.6 Å². The molecule has 9 nitrogen and oxygen atoms in total. The van der Waals surface area contributed by atoms with Gasteiger partial charge in [0.15, 0.2) is 0 Å². The van der Waals surface area contributed by atoms with Gasteiger partial charge in [-0.1, -0.05) is 18.2 Å². The molecule has 4 rings (SSSR count). The van der Waals surface area contributed by atoms with Crippen molar-refractivity contribution in [3.63, 3.8) is 0 Å². The van der Waals surface area contributed by atoms with Gasteiger partial charge in [-0.25, -0.2) is 9.97 Å². The van der Waals surface area contributed by atoms with Crippen LogP contribution in [-0.4, -0.2) is 45.2 Å². The van der Waals surface area contributed by atoms with Crippen LogP contribution in [0.2, 0.25) is 0 Å². The molecule has 0 bridgehead atoms. The number of nitriles is 1. The molecule has 1 aliphatic heterocycles. The van der Waals surface area contributed by atoms with Crippen LogP contribution in [0.4, 0.5) is 23.3 Å². The highest BCUT2D eigenvalue weighted by Gasteiger charge is 2.22. The molecule has 0 unspecified atom stereocenters. The van der Waals surface area contributed by atoms with Gasteiger partial charge in [-0.15, -0.1) is 0 Å². The van der Waals surface area contributed by atoms with Gasteiger partial charge in [-0.05, 0) is 61.6 Å². The molecule has 2 heterocycles. The first-order valence-electron chi connectivity index (χ1n) is 11.3. The normalized spacial score (nSPS) is 14.8. The van der Waals surface area contributed by atoms with E-state index in [1.165, 1.54) is 11.9 Å². The molecule has 9 heteroatoms. The Morgan fingerprint density at radius 2 is 1.91 bits per heavy atom. The Bertz CT molecular complexity index is 1170. The Morgan fingerprint density at radius 1 is 1.18 bits per heavy atom. The van der Waals surface area contributed by atoms with Crippen molar-refractivity contribution in [3.05, 3.63) is 66.0 Å². The van der Waals surface area contributed by atoms with Crippen LogP contribution >= 0.6 is 0 Å². The molecule has 1 aromatic heterocycles. The minimum absolute atomic E-state index is 0.0380. The Hall–Kier alpha value is -4.03. The van der Waals surface area contributed by atoms with E-state index in [1.54, 1.807) is 19.1 Å². The third-order valence-electron chi connectivity index (χ3n) is 5.73. The maximum absolute atomic E-state index is 11.9. The number of hydrogen-bond acceptors (Lipinski definition) is 8. The van der Waals surface area contributed by atoms with E-state index in [2.05, 4.69) is 36.6 Å². The van der Waals surface area contributed by atoms with E-state index in [-0.39, 0.29) is 12.3 Å².